The molecule has 13 heavy (non-hydrogen) atoms. The molecule has 0 aliphatic heterocycles. The molecule has 0 bridgehead atoms. The predicted molar refractivity (Wildman–Crippen MR) is 50.7 cm³/mol. The van der Waals surface area contributed by atoms with Gasteiger partial charge in [-0.05, 0) is 0 Å². The summed E-state index contributed by atoms with van der Waals surface area (Å²) in [7, 11) is 0. The molecule has 2 heteroatoms. The monoisotopic (exact) mass is 271 g/mol. The molecule has 0 saturated heterocycles. The quantitative estimate of drug-likeness (QED) is 0.685. The minimum atomic E-state index is -1.27. The van der Waals surface area contributed by atoms with Crippen LogP contribution in [0.25, 0.3) is 0 Å². The molecule has 0 aromatic rings. The van der Waals surface area contributed by atoms with E-state index in [9.17, 15) is 0 Å². The standard InChI is InChI=1S/2C5H5.CH3.ClH.Zr.H/c2*1-2-4-5-3-1;;;;/h2*1-3H,4H2;1H3;1H;;/q;;;;+2;-1/p-1. The van der Waals surface area contributed by atoms with E-state index < -0.39 is 21.8 Å². The summed E-state index contributed by atoms with van der Waals surface area (Å²) in [5.74, 6) is 0. The van der Waals surface area contributed by atoms with E-state index in [1.54, 1.807) is 6.56 Å². The van der Waals surface area contributed by atoms with Crippen LogP contribution in [0.1, 0.15) is 14.3 Å². The molecule has 0 nitrogen and oxygen atoms in total. The summed E-state index contributed by atoms with van der Waals surface area (Å²) in [5, 5.41) is 0. The van der Waals surface area contributed by atoms with Gasteiger partial charge < -0.3 is 13.8 Å². The van der Waals surface area contributed by atoms with Crippen LogP contribution in [-0.4, -0.2) is 0 Å². The molecule has 0 saturated carbocycles. The molecular formula is C11H14ClZr. The van der Waals surface area contributed by atoms with Crippen molar-refractivity contribution in [3.05, 3.63) is 43.0 Å². The van der Waals surface area contributed by atoms with Gasteiger partial charge in [-0.3, -0.25) is 0 Å². The van der Waals surface area contributed by atoms with Crippen LogP contribution in [0.2, 0.25) is 4.63 Å². The second-order valence-electron chi connectivity index (χ2n) is 3.27. The Hall–Kier alpha value is 0.133. The van der Waals surface area contributed by atoms with E-state index in [0.29, 0.717) is 0 Å². The van der Waals surface area contributed by atoms with Crippen molar-refractivity contribution in [2.24, 2.45) is 0 Å². The number of rotatable bonds is 2. The first-order chi connectivity index (χ1) is 5.88. The van der Waals surface area contributed by atoms with Gasteiger partial charge in [-0.25, -0.2) is 0 Å². The normalized spacial score (nSPS) is 18.2. The molecular weight excluding hydrogens is 259 g/mol. The largest absolute Gasteiger partial charge is 1.00 e. The van der Waals surface area contributed by atoms with Gasteiger partial charge in [0, 0.05) is 0 Å². The first-order valence-electron chi connectivity index (χ1n) is 4.43. The van der Waals surface area contributed by atoms with Crippen LogP contribution < -0.4 is 12.4 Å². The van der Waals surface area contributed by atoms with Crippen LogP contribution in [0.15, 0.2) is 43.0 Å². The van der Waals surface area contributed by atoms with Gasteiger partial charge in [0.15, 0.2) is 0 Å². The molecule has 0 aromatic carbocycles. The fourth-order valence-electron chi connectivity index (χ4n) is 1.66. The number of hydrogen-bond donors (Lipinski definition) is 0. The van der Waals surface area contributed by atoms with Crippen LogP contribution >= 0.6 is 0 Å². The van der Waals surface area contributed by atoms with Crippen LogP contribution in [0.3, 0.4) is 0 Å². The van der Waals surface area contributed by atoms with Crippen LogP contribution in [0.5, 0.6) is 0 Å². The summed E-state index contributed by atoms with van der Waals surface area (Å²) in [6.45, 7) is 0. The molecule has 0 heterocycles. The van der Waals surface area contributed by atoms with Gasteiger partial charge in [0.05, 0.1) is 0 Å². The topological polar surface area (TPSA) is 0 Å². The van der Waals surface area contributed by atoms with Crippen LogP contribution in [0.4, 0.5) is 0 Å². The second kappa shape index (κ2) is 5.12. The van der Waals surface area contributed by atoms with Gasteiger partial charge in [-0.2, -0.15) is 0 Å². The Balaban J connectivity index is 0.000000845. The zero-order valence-electron chi connectivity index (χ0n) is 8.76. The van der Waals surface area contributed by atoms with E-state index in [-0.39, 0.29) is 13.8 Å². The summed E-state index contributed by atoms with van der Waals surface area (Å²) < 4.78 is 6.01. The van der Waals surface area contributed by atoms with Gasteiger partial charge in [-0.1, -0.05) is 0 Å². The van der Waals surface area contributed by atoms with Crippen molar-refractivity contribution < 1.29 is 35.6 Å². The Bertz CT molecular complexity index is 272. The molecule has 0 amide bonds. The Morgan fingerprint density at radius 3 is 1.85 bits per heavy atom. The third-order valence-electron chi connectivity index (χ3n) is 2.51. The van der Waals surface area contributed by atoms with Gasteiger partial charge in [-0.15, -0.1) is 0 Å². The molecule has 2 rings (SSSR count). The van der Waals surface area contributed by atoms with Crippen molar-refractivity contribution in [3.63, 3.8) is 0 Å². The van der Waals surface area contributed by atoms with Crippen molar-refractivity contribution in [2.75, 3.05) is 0 Å². The minimum Gasteiger partial charge on any atom is -1.00 e. The van der Waals surface area contributed by atoms with E-state index in [4.69, 9.17) is 0 Å². The van der Waals surface area contributed by atoms with Gasteiger partial charge in [0.2, 0.25) is 0 Å². The maximum absolute atomic E-state index is 2.50. The summed E-state index contributed by atoms with van der Waals surface area (Å²) in [5.41, 5.74) is 0. The molecule has 2 aliphatic carbocycles. The van der Waals surface area contributed by atoms with Crippen molar-refractivity contribution in [1.82, 2.24) is 0 Å². The van der Waals surface area contributed by atoms with Crippen molar-refractivity contribution >= 4 is 0 Å². The zero-order chi connectivity index (χ0) is 8.39. The Morgan fingerprint density at radius 1 is 1.08 bits per heavy atom. The second-order valence-corrected chi connectivity index (χ2v) is 9.50. The van der Waals surface area contributed by atoms with E-state index >= 15 is 0 Å². The van der Waals surface area contributed by atoms with E-state index in [1.165, 1.54) is 12.8 Å². The number of halogens is 1. The Kier molecular flexibility index (Phi) is 4.42. The summed E-state index contributed by atoms with van der Waals surface area (Å²) in [4.78, 5) is 0. The van der Waals surface area contributed by atoms with E-state index in [1.807, 2.05) is 0 Å². The molecule has 0 unspecified atom stereocenters. The van der Waals surface area contributed by atoms with Gasteiger partial charge >= 0.3 is 82.2 Å². The Labute approximate surface area is 95.7 Å². The molecule has 0 N–H and O–H groups in total. The molecule has 0 aromatic heterocycles. The predicted octanol–water partition coefficient (Wildman–Crippen LogP) is 0.457. The molecule has 69 valence electrons. The van der Waals surface area contributed by atoms with Crippen molar-refractivity contribution in [1.29, 1.82) is 0 Å². The molecule has 0 radical (unpaired) electrons. The van der Waals surface area contributed by atoms with E-state index in [0.717, 1.165) is 0 Å². The summed E-state index contributed by atoms with van der Waals surface area (Å²) >= 11 is -1.27. The Morgan fingerprint density at radius 2 is 1.54 bits per heavy atom. The van der Waals surface area contributed by atoms with Gasteiger partial charge in [0.1, 0.15) is 0 Å². The fraction of sp³-hybridized carbons (Fsp3) is 0.273. The van der Waals surface area contributed by atoms with Crippen molar-refractivity contribution in [2.45, 2.75) is 17.5 Å². The number of allylic oxidation sites excluding steroid dienone is 8. The minimum absolute atomic E-state index is 0. The fourth-order valence-corrected chi connectivity index (χ4v) is 6.46. The maximum Gasteiger partial charge on any atom is -1.00 e. The molecule has 0 fully saturated rings. The molecule has 0 atom stereocenters. The third kappa shape index (κ3) is 2.54. The van der Waals surface area contributed by atoms with Crippen LogP contribution in [-0.2, 0) is 21.8 Å². The van der Waals surface area contributed by atoms with Gasteiger partial charge in [0.25, 0.3) is 0 Å². The summed E-state index contributed by atoms with van der Waals surface area (Å²) in [6, 6.07) is 0. The first kappa shape index (κ1) is 11.2. The van der Waals surface area contributed by atoms with Crippen LogP contribution in [0, 0.1) is 0 Å². The maximum atomic E-state index is 2.50. The molecule has 0 spiro atoms. The first-order valence-corrected chi connectivity index (χ1v) is 9.35. The third-order valence-corrected chi connectivity index (χ3v) is 9.06. The molecule has 2 aliphatic rings. The van der Waals surface area contributed by atoms with E-state index in [2.05, 4.69) is 41.1 Å². The van der Waals surface area contributed by atoms with Crippen molar-refractivity contribution in [3.8, 4) is 0 Å². The average molecular weight is 273 g/mol. The smallest absolute Gasteiger partial charge is 1.00 e. The SMILES string of the molecule is [CH3][Zr+2]([C]1=CC=CC1)[C]1=CC=CC1.[Cl-].[H-]. The average Bonchev–Trinajstić information content (AvgIpc) is 2.77. The zero-order valence-corrected chi connectivity index (χ0v) is 11.0. The summed E-state index contributed by atoms with van der Waals surface area (Å²) in [6.07, 6.45) is 16.1. The number of hydrogen-bond acceptors (Lipinski definition) is 0.